The van der Waals surface area contributed by atoms with Gasteiger partial charge in [-0.1, -0.05) is 11.6 Å². The van der Waals surface area contributed by atoms with Gasteiger partial charge in [0.2, 0.25) is 0 Å². The molecule has 0 aromatic heterocycles. The van der Waals surface area contributed by atoms with Crippen LogP contribution in [0.3, 0.4) is 0 Å². The lowest BCUT2D eigenvalue weighted by Gasteiger charge is -2.10. The van der Waals surface area contributed by atoms with Gasteiger partial charge < -0.3 is 14.4 Å². The Bertz CT molecular complexity index is 142. The molecule has 0 N–H and O–H groups in total. The molecule has 0 aromatic carbocycles. The molecular weight excluding hydrogens is 170 g/mol. The van der Waals surface area contributed by atoms with E-state index in [0.717, 1.165) is 0 Å². The summed E-state index contributed by atoms with van der Waals surface area (Å²) in [7, 11) is 0. The Morgan fingerprint density at radius 1 is 1.73 bits per heavy atom. The first-order chi connectivity index (χ1) is 5.34. The fraction of sp³-hybridized carbons (Fsp3) is 0.833. The lowest BCUT2D eigenvalue weighted by molar-refractivity contribution is 0.132. The zero-order valence-corrected chi connectivity index (χ0v) is 6.84. The molecule has 1 fully saturated rings. The fourth-order valence-electron chi connectivity index (χ4n) is 0.858. The standard InChI is InChI=1S/C6H10ClNO3/c7-5-10-3-1-8-2-4-11-6(8)9/h1-5H2. The summed E-state index contributed by atoms with van der Waals surface area (Å²) < 4.78 is 9.55. The van der Waals surface area contributed by atoms with Gasteiger partial charge in [-0.25, -0.2) is 4.79 Å². The number of halogens is 1. The first kappa shape index (κ1) is 8.62. The van der Waals surface area contributed by atoms with E-state index in [4.69, 9.17) is 21.1 Å². The summed E-state index contributed by atoms with van der Waals surface area (Å²) in [6.07, 6.45) is -0.261. The number of carbonyl (C=O) groups is 1. The van der Waals surface area contributed by atoms with Crippen molar-refractivity contribution >= 4 is 17.7 Å². The molecule has 4 nitrogen and oxygen atoms in total. The zero-order valence-electron chi connectivity index (χ0n) is 6.09. The molecule has 64 valence electrons. The first-order valence-electron chi connectivity index (χ1n) is 3.40. The predicted octanol–water partition coefficient (Wildman–Crippen LogP) is 0.651. The van der Waals surface area contributed by atoms with Crippen LogP contribution in [0.1, 0.15) is 0 Å². The third-order valence-corrected chi connectivity index (χ3v) is 1.58. The van der Waals surface area contributed by atoms with Crippen LogP contribution in [0.2, 0.25) is 0 Å². The van der Waals surface area contributed by atoms with Gasteiger partial charge in [0.15, 0.2) is 0 Å². The van der Waals surface area contributed by atoms with Crippen LogP contribution in [0.15, 0.2) is 0 Å². The molecule has 0 bridgehead atoms. The SMILES string of the molecule is O=C1OCCN1CCOCCl. The van der Waals surface area contributed by atoms with Crippen molar-refractivity contribution in [1.29, 1.82) is 0 Å². The molecule has 0 aliphatic carbocycles. The maximum atomic E-state index is 10.8. The van der Waals surface area contributed by atoms with E-state index in [1.807, 2.05) is 0 Å². The van der Waals surface area contributed by atoms with Crippen molar-refractivity contribution in [2.24, 2.45) is 0 Å². The second-order valence-electron chi connectivity index (χ2n) is 2.12. The van der Waals surface area contributed by atoms with E-state index >= 15 is 0 Å². The molecule has 11 heavy (non-hydrogen) atoms. The van der Waals surface area contributed by atoms with Crippen LogP contribution in [0, 0.1) is 0 Å². The number of hydrogen-bond donors (Lipinski definition) is 0. The van der Waals surface area contributed by atoms with Crippen molar-refractivity contribution in [3.63, 3.8) is 0 Å². The van der Waals surface area contributed by atoms with Crippen LogP contribution in [0.5, 0.6) is 0 Å². The van der Waals surface area contributed by atoms with E-state index < -0.39 is 0 Å². The second kappa shape index (κ2) is 4.41. The summed E-state index contributed by atoms with van der Waals surface area (Å²) >= 11 is 5.27. The molecule has 1 saturated heterocycles. The first-order valence-corrected chi connectivity index (χ1v) is 3.93. The van der Waals surface area contributed by atoms with Gasteiger partial charge in [-0.05, 0) is 0 Å². The highest BCUT2D eigenvalue weighted by Gasteiger charge is 2.20. The van der Waals surface area contributed by atoms with E-state index in [1.54, 1.807) is 4.90 Å². The van der Waals surface area contributed by atoms with Crippen molar-refractivity contribution in [3.8, 4) is 0 Å². The summed E-state index contributed by atoms with van der Waals surface area (Å²) in [5.41, 5.74) is 0. The average Bonchev–Trinajstić information content (AvgIpc) is 2.37. The van der Waals surface area contributed by atoms with Gasteiger partial charge in [0.25, 0.3) is 0 Å². The lowest BCUT2D eigenvalue weighted by Crippen LogP contribution is -2.28. The second-order valence-corrected chi connectivity index (χ2v) is 2.34. The molecule has 0 unspecified atom stereocenters. The Kier molecular flexibility index (Phi) is 3.45. The topological polar surface area (TPSA) is 38.8 Å². The maximum absolute atomic E-state index is 10.8. The number of hydrogen-bond acceptors (Lipinski definition) is 3. The normalized spacial score (nSPS) is 17.2. The lowest BCUT2D eigenvalue weighted by atomic mass is 10.5. The molecular formula is C6H10ClNO3. The summed E-state index contributed by atoms with van der Waals surface area (Å²) in [5, 5.41) is 0. The Morgan fingerprint density at radius 2 is 2.55 bits per heavy atom. The molecule has 1 heterocycles. The molecule has 1 amide bonds. The van der Waals surface area contributed by atoms with Crippen LogP contribution < -0.4 is 0 Å². The third-order valence-electron chi connectivity index (χ3n) is 1.43. The maximum Gasteiger partial charge on any atom is 0.410 e. The number of amides is 1. The summed E-state index contributed by atoms with van der Waals surface area (Å²) in [4.78, 5) is 12.4. The summed E-state index contributed by atoms with van der Waals surface area (Å²) in [6.45, 7) is 2.17. The average molecular weight is 180 g/mol. The number of carbonyl (C=O) groups excluding carboxylic acids is 1. The minimum atomic E-state index is -0.261. The largest absolute Gasteiger partial charge is 0.448 e. The van der Waals surface area contributed by atoms with E-state index in [1.165, 1.54) is 0 Å². The number of alkyl halides is 1. The predicted molar refractivity (Wildman–Crippen MR) is 39.6 cm³/mol. The van der Waals surface area contributed by atoms with Gasteiger partial charge >= 0.3 is 6.09 Å². The minimum Gasteiger partial charge on any atom is -0.448 e. The Labute approximate surface area is 70.0 Å². The number of nitrogens with zero attached hydrogens (tertiary/aromatic N) is 1. The van der Waals surface area contributed by atoms with Crippen molar-refractivity contribution in [2.75, 3.05) is 32.4 Å². The van der Waals surface area contributed by atoms with Crippen LogP contribution in [0.4, 0.5) is 4.79 Å². The minimum absolute atomic E-state index is 0.170. The van der Waals surface area contributed by atoms with E-state index in [0.29, 0.717) is 26.3 Å². The monoisotopic (exact) mass is 179 g/mol. The summed E-state index contributed by atoms with van der Waals surface area (Å²) in [6, 6.07) is 0.170. The molecule has 0 saturated carbocycles. The Morgan fingerprint density at radius 3 is 3.09 bits per heavy atom. The van der Waals surface area contributed by atoms with Gasteiger partial charge in [-0.2, -0.15) is 0 Å². The third kappa shape index (κ3) is 2.55. The molecule has 5 heteroatoms. The highest BCUT2D eigenvalue weighted by Crippen LogP contribution is 2.01. The van der Waals surface area contributed by atoms with Crippen molar-refractivity contribution in [1.82, 2.24) is 4.90 Å². The van der Waals surface area contributed by atoms with Crippen LogP contribution >= 0.6 is 11.6 Å². The van der Waals surface area contributed by atoms with Crippen LogP contribution in [0.25, 0.3) is 0 Å². The van der Waals surface area contributed by atoms with Gasteiger partial charge in [-0.3, -0.25) is 0 Å². The van der Waals surface area contributed by atoms with Crippen molar-refractivity contribution in [2.45, 2.75) is 0 Å². The van der Waals surface area contributed by atoms with E-state index in [2.05, 4.69) is 0 Å². The molecule has 0 radical (unpaired) electrons. The Balaban J connectivity index is 2.10. The fourth-order valence-corrected chi connectivity index (χ4v) is 0.967. The van der Waals surface area contributed by atoms with Crippen molar-refractivity contribution < 1.29 is 14.3 Å². The van der Waals surface area contributed by atoms with Gasteiger partial charge in [0.1, 0.15) is 12.7 Å². The van der Waals surface area contributed by atoms with Gasteiger partial charge in [0.05, 0.1) is 13.2 Å². The number of cyclic esters (lactones) is 1. The zero-order chi connectivity index (χ0) is 8.10. The van der Waals surface area contributed by atoms with Crippen LogP contribution in [-0.2, 0) is 9.47 Å². The smallest absolute Gasteiger partial charge is 0.410 e. The molecule has 1 aliphatic heterocycles. The number of rotatable bonds is 4. The quantitative estimate of drug-likeness (QED) is 0.470. The highest BCUT2D eigenvalue weighted by atomic mass is 35.5. The molecule has 1 rings (SSSR count). The van der Waals surface area contributed by atoms with Gasteiger partial charge in [-0.15, -0.1) is 0 Å². The molecule has 1 aliphatic rings. The highest BCUT2D eigenvalue weighted by molar-refractivity contribution is 6.17. The van der Waals surface area contributed by atoms with E-state index in [-0.39, 0.29) is 12.2 Å². The van der Waals surface area contributed by atoms with E-state index in [9.17, 15) is 4.79 Å². The Hall–Kier alpha value is -0.480. The molecule has 0 spiro atoms. The summed E-state index contributed by atoms with van der Waals surface area (Å²) in [5.74, 6) is 0. The number of ether oxygens (including phenoxy) is 2. The van der Waals surface area contributed by atoms with Crippen molar-refractivity contribution in [3.05, 3.63) is 0 Å². The molecule has 0 aromatic rings. The molecule has 0 atom stereocenters. The van der Waals surface area contributed by atoms with Crippen LogP contribution in [-0.4, -0.2) is 43.4 Å². The van der Waals surface area contributed by atoms with Gasteiger partial charge in [0, 0.05) is 6.54 Å².